The van der Waals surface area contributed by atoms with Crippen LogP contribution in [0.15, 0.2) is 51.5 Å². The smallest absolute Gasteiger partial charge is 0.289 e. The molecular weight excluding hydrogens is 392 g/mol. The van der Waals surface area contributed by atoms with Crippen LogP contribution in [0.3, 0.4) is 0 Å². The van der Waals surface area contributed by atoms with Gasteiger partial charge in [-0.05, 0) is 29.8 Å². The van der Waals surface area contributed by atoms with Gasteiger partial charge in [0, 0.05) is 37.3 Å². The number of carbonyl (C=O) groups is 1. The van der Waals surface area contributed by atoms with Crippen LogP contribution in [-0.4, -0.2) is 42.0 Å². The molecular formula is C21H17ClN4O3. The molecule has 0 aliphatic carbocycles. The van der Waals surface area contributed by atoms with E-state index < -0.39 is 0 Å². The van der Waals surface area contributed by atoms with Gasteiger partial charge in [0.15, 0.2) is 5.76 Å². The molecule has 0 atom stereocenters. The minimum absolute atomic E-state index is 0.143. The van der Waals surface area contributed by atoms with E-state index in [1.807, 2.05) is 23.1 Å². The zero-order valence-corrected chi connectivity index (χ0v) is 16.2. The van der Waals surface area contributed by atoms with Crippen LogP contribution >= 0.6 is 11.6 Å². The topological polar surface area (TPSA) is 86.5 Å². The van der Waals surface area contributed by atoms with Crippen LogP contribution in [0.4, 0.5) is 5.88 Å². The SMILES string of the molecule is N#Cc1nc(/C=C/c2ccccc2Cl)oc1N1CCN(C(=O)c2ccco2)CC1. The molecule has 0 spiro atoms. The van der Waals surface area contributed by atoms with E-state index in [0.29, 0.717) is 48.7 Å². The second-order valence-electron chi connectivity index (χ2n) is 6.43. The highest BCUT2D eigenvalue weighted by Gasteiger charge is 2.27. The number of nitrogens with zero attached hydrogens (tertiary/aromatic N) is 4. The quantitative estimate of drug-likeness (QED) is 0.650. The van der Waals surface area contributed by atoms with Crippen molar-refractivity contribution in [2.45, 2.75) is 0 Å². The van der Waals surface area contributed by atoms with Crippen molar-refractivity contribution in [2.24, 2.45) is 0 Å². The number of benzene rings is 1. The normalized spacial score (nSPS) is 14.3. The molecule has 3 heterocycles. The lowest BCUT2D eigenvalue weighted by Gasteiger charge is -2.34. The maximum Gasteiger partial charge on any atom is 0.289 e. The zero-order chi connectivity index (χ0) is 20.2. The first-order valence-electron chi connectivity index (χ1n) is 9.07. The third-order valence-corrected chi connectivity index (χ3v) is 4.97. The van der Waals surface area contributed by atoms with Crippen molar-refractivity contribution in [1.29, 1.82) is 5.26 Å². The summed E-state index contributed by atoms with van der Waals surface area (Å²) in [5.74, 6) is 0.917. The Morgan fingerprint density at radius 3 is 2.62 bits per heavy atom. The van der Waals surface area contributed by atoms with Crippen molar-refractivity contribution in [1.82, 2.24) is 9.88 Å². The summed E-state index contributed by atoms with van der Waals surface area (Å²) in [5, 5.41) is 10.1. The van der Waals surface area contributed by atoms with Gasteiger partial charge in [-0.2, -0.15) is 10.2 Å². The van der Waals surface area contributed by atoms with E-state index in [1.165, 1.54) is 6.26 Å². The first-order valence-corrected chi connectivity index (χ1v) is 9.45. The molecule has 0 radical (unpaired) electrons. The number of furan rings is 1. The number of hydrogen-bond donors (Lipinski definition) is 0. The molecule has 1 fully saturated rings. The van der Waals surface area contributed by atoms with Crippen molar-refractivity contribution < 1.29 is 13.6 Å². The van der Waals surface area contributed by atoms with Gasteiger partial charge in [0.1, 0.15) is 6.07 Å². The van der Waals surface area contributed by atoms with Gasteiger partial charge in [0.25, 0.3) is 5.91 Å². The van der Waals surface area contributed by atoms with Crippen LogP contribution in [0.2, 0.25) is 5.02 Å². The number of anilines is 1. The van der Waals surface area contributed by atoms with E-state index in [0.717, 1.165) is 5.56 Å². The predicted molar refractivity (Wildman–Crippen MR) is 108 cm³/mol. The van der Waals surface area contributed by atoms with Crippen molar-refractivity contribution in [3.8, 4) is 6.07 Å². The predicted octanol–water partition coefficient (Wildman–Crippen LogP) is 3.93. The van der Waals surface area contributed by atoms with Crippen LogP contribution < -0.4 is 4.90 Å². The number of amides is 1. The molecule has 1 amide bonds. The van der Waals surface area contributed by atoms with Gasteiger partial charge in [-0.3, -0.25) is 4.79 Å². The van der Waals surface area contributed by atoms with E-state index >= 15 is 0 Å². The van der Waals surface area contributed by atoms with Gasteiger partial charge in [-0.1, -0.05) is 29.8 Å². The van der Waals surface area contributed by atoms with E-state index in [9.17, 15) is 10.1 Å². The molecule has 29 heavy (non-hydrogen) atoms. The number of carbonyl (C=O) groups excluding carboxylic acids is 1. The summed E-state index contributed by atoms with van der Waals surface area (Å²) in [7, 11) is 0. The Bertz CT molecular complexity index is 1070. The number of piperazine rings is 1. The zero-order valence-electron chi connectivity index (χ0n) is 15.4. The number of aromatic nitrogens is 1. The van der Waals surface area contributed by atoms with E-state index in [4.69, 9.17) is 20.4 Å². The molecule has 7 nitrogen and oxygen atoms in total. The lowest BCUT2D eigenvalue weighted by Crippen LogP contribution is -2.48. The first-order chi connectivity index (χ1) is 14.2. The molecule has 8 heteroatoms. The van der Waals surface area contributed by atoms with Crippen molar-refractivity contribution in [3.05, 3.63) is 70.6 Å². The molecule has 0 bridgehead atoms. The summed E-state index contributed by atoms with van der Waals surface area (Å²) in [5.41, 5.74) is 1.05. The summed E-state index contributed by atoms with van der Waals surface area (Å²) in [6.07, 6.45) is 4.95. The van der Waals surface area contributed by atoms with E-state index in [1.54, 1.807) is 35.3 Å². The second kappa shape index (κ2) is 8.25. The first kappa shape index (κ1) is 18.8. The van der Waals surface area contributed by atoms with Gasteiger partial charge in [0.2, 0.25) is 17.5 Å². The second-order valence-corrected chi connectivity index (χ2v) is 6.84. The largest absolute Gasteiger partial charge is 0.459 e. The fourth-order valence-corrected chi connectivity index (χ4v) is 3.33. The number of hydrogen-bond acceptors (Lipinski definition) is 6. The molecule has 0 unspecified atom stereocenters. The summed E-state index contributed by atoms with van der Waals surface area (Å²) < 4.78 is 11.0. The van der Waals surface area contributed by atoms with Gasteiger partial charge < -0.3 is 18.6 Å². The minimum atomic E-state index is -0.143. The third-order valence-electron chi connectivity index (χ3n) is 4.63. The summed E-state index contributed by atoms with van der Waals surface area (Å²) in [4.78, 5) is 20.3. The third kappa shape index (κ3) is 4.03. The molecule has 4 rings (SSSR count). The Morgan fingerprint density at radius 2 is 1.93 bits per heavy atom. The van der Waals surface area contributed by atoms with Crippen molar-refractivity contribution >= 4 is 35.5 Å². The number of oxazole rings is 1. The molecule has 1 saturated heterocycles. The summed E-state index contributed by atoms with van der Waals surface area (Å²) in [6.45, 7) is 2.06. The molecule has 146 valence electrons. The highest BCUT2D eigenvalue weighted by molar-refractivity contribution is 6.32. The molecule has 1 aliphatic heterocycles. The Labute approximate surface area is 172 Å². The van der Waals surface area contributed by atoms with Crippen LogP contribution in [0.1, 0.15) is 27.7 Å². The number of nitriles is 1. The Hall–Kier alpha value is -3.50. The van der Waals surface area contributed by atoms with Gasteiger partial charge >= 0.3 is 0 Å². The van der Waals surface area contributed by atoms with Crippen LogP contribution in [0, 0.1) is 11.3 Å². The Balaban J connectivity index is 1.46. The van der Waals surface area contributed by atoms with E-state index in [-0.39, 0.29) is 11.6 Å². The average Bonchev–Trinajstić information content (AvgIpc) is 3.43. The average molecular weight is 409 g/mol. The fourth-order valence-electron chi connectivity index (χ4n) is 3.13. The van der Waals surface area contributed by atoms with E-state index in [2.05, 4.69) is 11.1 Å². The van der Waals surface area contributed by atoms with Gasteiger partial charge in [-0.15, -0.1) is 0 Å². The molecule has 0 saturated carbocycles. The highest BCUT2D eigenvalue weighted by Crippen LogP contribution is 2.25. The Kier molecular flexibility index (Phi) is 5.36. The molecule has 1 aliphatic rings. The van der Waals surface area contributed by atoms with Crippen LogP contribution in [0.5, 0.6) is 0 Å². The fraction of sp³-hybridized carbons (Fsp3) is 0.190. The van der Waals surface area contributed by atoms with Crippen LogP contribution in [-0.2, 0) is 0 Å². The summed E-state index contributed by atoms with van der Waals surface area (Å²) >= 11 is 6.15. The molecule has 3 aromatic rings. The van der Waals surface area contributed by atoms with Crippen molar-refractivity contribution in [3.63, 3.8) is 0 Å². The van der Waals surface area contributed by atoms with Crippen molar-refractivity contribution in [2.75, 3.05) is 31.1 Å². The number of halogens is 1. The van der Waals surface area contributed by atoms with Crippen LogP contribution in [0.25, 0.3) is 12.2 Å². The molecule has 1 aromatic carbocycles. The summed E-state index contributed by atoms with van der Waals surface area (Å²) in [6, 6.07) is 12.8. The maximum atomic E-state index is 12.4. The molecule has 0 N–H and O–H groups in total. The minimum Gasteiger partial charge on any atom is -0.459 e. The lowest BCUT2D eigenvalue weighted by molar-refractivity contribution is 0.0713. The standard InChI is InChI=1S/C21H17ClN4O3/c22-16-5-2-1-4-15(16)7-8-19-24-17(14-23)21(29-19)26-11-9-25(10-12-26)20(27)18-6-3-13-28-18/h1-8,13H,9-12H2/b8-7+. The number of rotatable bonds is 4. The van der Waals surface area contributed by atoms with Gasteiger partial charge in [-0.25, -0.2) is 0 Å². The van der Waals surface area contributed by atoms with Gasteiger partial charge in [0.05, 0.1) is 6.26 Å². The molecule has 2 aromatic heterocycles. The lowest BCUT2D eigenvalue weighted by atomic mass is 10.2. The highest BCUT2D eigenvalue weighted by atomic mass is 35.5. The Morgan fingerprint density at radius 1 is 1.14 bits per heavy atom. The monoisotopic (exact) mass is 408 g/mol. The maximum absolute atomic E-state index is 12.4.